The molecule has 0 aliphatic rings. The lowest BCUT2D eigenvalue weighted by Gasteiger charge is -2.18. The first-order valence-corrected chi connectivity index (χ1v) is 9.74. The van der Waals surface area contributed by atoms with E-state index < -0.39 is 0 Å². The molecule has 148 valence electrons. The predicted molar refractivity (Wildman–Crippen MR) is 118 cm³/mol. The van der Waals surface area contributed by atoms with Crippen molar-refractivity contribution in [2.75, 3.05) is 5.32 Å². The van der Waals surface area contributed by atoms with Crippen molar-refractivity contribution in [3.8, 4) is 17.4 Å². The van der Waals surface area contributed by atoms with E-state index in [1.165, 1.54) is 0 Å². The molecule has 0 aliphatic heterocycles. The highest BCUT2D eigenvalue weighted by atomic mass is 16.3. The van der Waals surface area contributed by atoms with E-state index in [2.05, 4.69) is 16.4 Å². The lowest BCUT2D eigenvalue weighted by Crippen LogP contribution is -2.13. The van der Waals surface area contributed by atoms with Gasteiger partial charge in [0.1, 0.15) is 23.2 Å². The van der Waals surface area contributed by atoms with Crippen LogP contribution in [0, 0.1) is 25.2 Å². The fourth-order valence-corrected chi connectivity index (χ4v) is 3.65. The zero-order chi connectivity index (χ0) is 21.3. The summed E-state index contributed by atoms with van der Waals surface area (Å²) in [6.07, 6.45) is 1.64. The molecule has 0 amide bonds. The highest BCUT2D eigenvalue weighted by Gasteiger charge is 2.19. The Morgan fingerprint density at radius 1 is 1.10 bits per heavy atom. The van der Waals surface area contributed by atoms with Crippen LogP contribution in [0.3, 0.4) is 0 Å². The molecule has 0 radical (unpaired) electrons. The van der Waals surface area contributed by atoms with Gasteiger partial charge in [-0.1, -0.05) is 36.4 Å². The molecular formula is C25H21N3O2. The summed E-state index contributed by atoms with van der Waals surface area (Å²) in [4.78, 5) is 17.5. The van der Waals surface area contributed by atoms with Gasteiger partial charge in [-0.05, 0) is 44.5 Å². The third-order valence-electron chi connectivity index (χ3n) is 5.18. The molecule has 5 nitrogen and oxygen atoms in total. The number of anilines is 1. The summed E-state index contributed by atoms with van der Waals surface area (Å²) < 4.78 is 6.34. The van der Waals surface area contributed by atoms with Gasteiger partial charge in [-0.2, -0.15) is 5.26 Å². The van der Waals surface area contributed by atoms with Crippen LogP contribution in [0.15, 0.2) is 70.0 Å². The summed E-state index contributed by atoms with van der Waals surface area (Å²) in [6, 6.07) is 18.9. The lowest BCUT2D eigenvalue weighted by molar-refractivity contribution is 0.605. The van der Waals surface area contributed by atoms with Crippen molar-refractivity contribution in [3.05, 3.63) is 93.3 Å². The van der Waals surface area contributed by atoms with E-state index in [9.17, 15) is 10.1 Å². The maximum Gasteiger partial charge on any atom is 0.196 e. The van der Waals surface area contributed by atoms with E-state index in [-0.39, 0.29) is 11.5 Å². The molecule has 2 heterocycles. The Bertz CT molecular complexity index is 1330. The van der Waals surface area contributed by atoms with Gasteiger partial charge in [-0.3, -0.25) is 4.79 Å². The van der Waals surface area contributed by atoms with Crippen LogP contribution >= 0.6 is 0 Å². The summed E-state index contributed by atoms with van der Waals surface area (Å²) in [6.45, 7) is 5.72. The van der Waals surface area contributed by atoms with Gasteiger partial charge in [-0.25, -0.2) is 4.98 Å². The average molecular weight is 395 g/mol. The summed E-state index contributed by atoms with van der Waals surface area (Å²) in [5.74, 6) is 1.07. The molecule has 30 heavy (non-hydrogen) atoms. The first-order chi connectivity index (χ1) is 14.5. The number of rotatable bonds is 4. The summed E-state index contributed by atoms with van der Waals surface area (Å²) >= 11 is 0. The zero-order valence-electron chi connectivity index (χ0n) is 17.1. The van der Waals surface area contributed by atoms with Gasteiger partial charge in [0.15, 0.2) is 5.43 Å². The fraction of sp³-hybridized carbons (Fsp3) is 0.160. The minimum Gasteiger partial charge on any atom is -0.455 e. The molecule has 1 N–H and O–H groups in total. The second-order valence-electron chi connectivity index (χ2n) is 7.36. The molecule has 1 atom stereocenters. The SMILES string of the molecule is Cc1cc(C(C)Nc2ncccc2C#N)c2oc(-c3ccccc3)c(C)c(=O)c2c1. The Hall–Kier alpha value is -3.91. The van der Waals surface area contributed by atoms with E-state index in [0.717, 1.165) is 16.7 Å². The third kappa shape index (κ3) is 3.44. The quantitative estimate of drug-likeness (QED) is 0.492. The molecule has 0 saturated heterocycles. The number of pyridine rings is 1. The minimum atomic E-state index is -0.233. The van der Waals surface area contributed by atoms with Crippen molar-refractivity contribution in [2.45, 2.75) is 26.8 Å². The first-order valence-electron chi connectivity index (χ1n) is 9.74. The third-order valence-corrected chi connectivity index (χ3v) is 5.18. The summed E-state index contributed by atoms with van der Waals surface area (Å²) in [5, 5.41) is 13.2. The van der Waals surface area contributed by atoms with Crippen LogP contribution < -0.4 is 10.7 Å². The van der Waals surface area contributed by atoms with E-state index in [1.54, 1.807) is 25.3 Å². The van der Waals surface area contributed by atoms with Crippen molar-refractivity contribution in [1.82, 2.24) is 4.98 Å². The molecule has 2 aromatic carbocycles. The number of hydrogen-bond donors (Lipinski definition) is 1. The van der Waals surface area contributed by atoms with Crippen molar-refractivity contribution < 1.29 is 4.42 Å². The largest absolute Gasteiger partial charge is 0.455 e. The monoisotopic (exact) mass is 395 g/mol. The normalized spacial score (nSPS) is 11.8. The zero-order valence-corrected chi connectivity index (χ0v) is 17.1. The van der Waals surface area contributed by atoms with Crippen molar-refractivity contribution >= 4 is 16.8 Å². The molecule has 1 unspecified atom stereocenters. The molecule has 0 saturated carbocycles. The van der Waals surface area contributed by atoms with E-state index >= 15 is 0 Å². The van der Waals surface area contributed by atoms with Crippen LogP contribution in [0.1, 0.15) is 35.2 Å². The molecular weight excluding hydrogens is 374 g/mol. The minimum absolute atomic E-state index is 0.0391. The second-order valence-corrected chi connectivity index (χ2v) is 7.36. The van der Waals surface area contributed by atoms with Crippen LogP contribution in [0.5, 0.6) is 0 Å². The standard InChI is InChI=1S/C25H21N3O2/c1-15-12-20(17(3)28-25-19(14-26)10-7-11-27-25)24-21(13-15)22(29)16(2)23(30-24)18-8-5-4-6-9-18/h4-13,17H,1-3H3,(H,27,28). The molecule has 0 fully saturated rings. The maximum absolute atomic E-state index is 13.2. The van der Waals surface area contributed by atoms with Gasteiger partial charge in [0.05, 0.1) is 17.0 Å². The number of aryl methyl sites for hydroxylation is 1. The van der Waals surface area contributed by atoms with Crippen LogP contribution in [0.2, 0.25) is 0 Å². The molecule has 0 spiro atoms. The number of nitriles is 1. The molecule has 0 bridgehead atoms. The van der Waals surface area contributed by atoms with Gasteiger partial charge >= 0.3 is 0 Å². The fourth-order valence-electron chi connectivity index (χ4n) is 3.65. The Labute approximate surface area is 174 Å². The van der Waals surface area contributed by atoms with E-state index in [0.29, 0.717) is 33.7 Å². The number of aromatic nitrogens is 1. The highest BCUT2D eigenvalue weighted by molar-refractivity contribution is 5.84. The molecule has 5 heteroatoms. The van der Waals surface area contributed by atoms with Crippen molar-refractivity contribution in [3.63, 3.8) is 0 Å². The second kappa shape index (κ2) is 7.84. The van der Waals surface area contributed by atoms with Gasteiger partial charge in [0.25, 0.3) is 0 Å². The molecule has 4 rings (SSSR count). The summed E-state index contributed by atoms with van der Waals surface area (Å²) in [5.41, 5.74) is 4.22. The van der Waals surface area contributed by atoms with Gasteiger partial charge in [-0.15, -0.1) is 0 Å². The smallest absolute Gasteiger partial charge is 0.196 e. The highest BCUT2D eigenvalue weighted by Crippen LogP contribution is 2.32. The van der Waals surface area contributed by atoms with Gasteiger partial charge in [0.2, 0.25) is 0 Å². The lowest BCUT2D eigenvalue weighted by atomic mass is 9.99. The Morgan fingerprint density at radius 2 is 1.87 bits per heavy atom. The van der Waals surface area contributed by atoms with Gasteiger partial charge < -0.3 is 9.73 Å². The number of nitrogens with zero attached hydrogens (tertiary/aromatic N) is 2. The number of benzene rings is 2. The Balaban J connectivity index is 1.90. The van der Waals surface area contributed by atoms with Crippen LogP contribution in [0.25, 0.3) is 22.3 Å². The van der Waals surface area contributed by atoms with E-state index in [1.807, 2.05) is 56.3 Å². The molecule has 2 aromatic heterocycles. The average Bonchev–Trinajstić information content (AvgIpc) is 2.77. The van der Waals surface area contributed by atoms with Crippen LogP contribution in [0.4, 0.5) is 5.82 Å². The van der Waals surface area contributed by atoms with Crippen molar-refractivity contribution in [1.29, 1.82) is 5.26 Å². The predicted octanol–water partition coefficient (Wildman–Crippen LogP) is 5.52. The van der Waals surface area contributed by atoms with Crippen LogP contribution in [-0.2, 0) is 0 Å². The summed E-state index contributed by atoms with van der Waals surface area (Å²) in [7, 11) is 0. The molecule has 0 aliphatic carbocycles. The van der Waals surface area contributed by atoms with E-state index in [4.69, 9.17) is 4.42 Å². The molecule has 4 aromatic rings. The Kier molecular flexibility index (Phi) is 5.07. The van der Waals surface area contributed by atoms with Crippen molar-refractivity contribution in [2.24, 2.45) is 0 Å². The number of hydrogen-bond acceptors (Lipinski definition) is 5. The maximum atomic E-state index is 13.2. The first kappa shape index (κ1) is 19.4. The van der Waals surface area contributed by atoms with Crippen LogP contribution in [-0.4, -0.2) is 4.98 Å². The number of nitrogens with one attached hydrogen (secondary N) is 1. The topological polar surface area (TPSA) is 78.9 Å². The number of fused-ring (bicyclic) bond motifs is 1. The van der Waals surface area contributed by atoms with Gasteiger partial charge in [0, 0.05) is 22.9 Å². The Morgan fingerprint density at radius 3 is 2.60 bits per heavy atom.